The fourth-order valence-electron chi connectivity index (χ4n) is 3.41. The van der Waals surface area contributed by atoms with Crippen LogP contribution >= 0.6 is 0 Å². The summed E-state index contributed by atoms with van der Waals surface area (Å²) < 4.78 is 10.2. The predicted molar refractivity (Wildman–Crippen MR) is 94.0 cm³/mol. The third-order valence-electron chi connectivity index (χ3n) is 5.21. The molecule has 1 saturated heterocycles. The molecule has 138 valence electrons. The molecule has 1 heterocycles. The highest BCUT2D eigenvalue weighted by atomic mass is 16.6. The average Bonchev–Trinajstić information content (AvgIpc) is 2.54. The Morgan fingerprint density at radius 3 is 2.62 bits per heavy atom. The van der Waals surface area contributed by atoms with Crippen molar-refractivity contribution in [3.63, 3.8) is 0 Å². The summed E-state index contributed by atoms with van der Waals surface area (Å²) in [5.74, 6) is 0.522. The van der Waals surface area contributed by atoms with Gasteiger partial charge in [-0.25, -0.2) is 4.79 Å². The second-order valence-electron chi connectivity index (χ2n) is 6.90. The largest absolute Gasteiger partial charge is 0.450 e. The molecule has 1 aliphatic heterocycles. The number of ether oxygens (including phenoxy) is 2. The quantitative estimate of drug-likeness (QED) is 0.544. The third kappa shape index (κ3) is 5.26. The van der Waals surface area contributed by atoms with E-state index in [9.17, 15) is 4.79 Å². The Morgan fingerprint density at radius 2 is 2.08 bits per heavy atom. The van der Waals surface area contributed by atoms with Crippen LogP contribution in [-0.4, -0.2) is 63.0 Å². The maximum atomic E-state index is 11.7. The number of rotatable bonds is 7. The summed E-state index contributed by atoms with van der Waals surface area (Å²) in [4.78, 5) is 18.0. The number of methoxy groups -OCH3 is 1. The van der Waals surface area contributed by atoms with E-state index in [-0.39, 0.29) is 17.6 Å². The number of nitrogens with one attached hydrogen (secondary N) is 1. The number of hydrogen-bond acceptors (Lipinski definition) is 4. The highest BCUT2D eigenvalue weighted by molar-refractivity contribution is 5.78. The maximum absolute atomic E-state index is 11.7. The van der Waals surface area contributed by atoms with Crippen LogP contribution in [0, 0.1) is 5.41 Å². The average molecular weight is 340 g/mol. The lowest BCUT2D eigenvalue weighted by molar-refractivity contribution is 0.0778. The number of carbonyl (C=O) groups is 1. The molecule has 24 heavy (non-hydrogen) atoms. The van der Waals surface area contributed by atoms with Gasteiger partial charge in [0, 0.05) is 39.4 Å². The summed E-state index contributed by atoms with van der Waals surface area (Å²) in [6.07, 6.45) is 6.27. The molecule has 2 rings (SSSR count). The first kappa shape index (κ1) is 18.8. The Hall–Kier alpha value is -1.50. The van der Waals surface area contributed by atoms with Crippen molar-refractivity contribution in [2.24, 2.45) is 16.1 Å². The fraction of sp³-hybridized carbons (Fsp3) is 0.882. The van der Waals surface area contributed by atoms with Gasteiger partial charge in [-0.05, 0) is 44.4 Å². The van der Waals surface area contributed by atoms with Gasteiger partial charge in [0.25, 0.3) is 0 Å². The van der Waals surface area contributed by atoms with Crippen LogP contribution in [0.15, 0.2) is 4.99 Å². The van der Waals surface area contributed by atoms with Crippen LogP contribution in [0.1, 0.15) is 45.4 Å². The Labute approximate surface area is 145 Å². The van der Waals surface area contributed by atoms with Crippen molar-refractivity contribution in [2.75, 3.05) is 40.0 Å². The van der Waals surface area contributed by atoms with E-state index in [0.717, 1.165) is 32.4 Å². The SMILES string of the molecule is CCOC(=O)N1CCC(NC(N)=NCC2(CCOC)CCC2)CC1. The number of nitrogens with zero attached hydrogens (tertiary/aromatic N) is 2. The molecule has 1 aliphatic carbocycles. The van der Waals surface area contributed by atoms with Crippen LogP contribution in [0.3, 0.4) is 0 Å². The first-order valence-corrected chi connectivity index (χ1v) is 9.05. The molecule has 2 fully saturated rings. The van der Waals surface area contributed by atoms with Gasteiger partial charge in [-0.2, -0.15) is 0 Å². The highest BCUT2D eigenvalue weighted by Gasteiger charge is 2.36. The smallest absolute Gasteiger partial charge is 0.409 e. The van der Waals surface area contributed by atoms with E-state index in [2.05, 4.69) is 10.3 Å². The molecule has 0 aromatic carbocycles. The van der Waals surface area contributed by atoms with Crippen molar-refractivity contribution >= 4 is 12.1 Å². The third-order valence-corrected chi connectivity index (χ3v) is 5.21. The minimum absolute atomic E-state index is 0.220. The van der Waals surface area contributed by atoms with Crippen LogP contribution in [0.25, 0.3) is 0 Å². The molecule has 0 bridgehead atoms. The molecule has 2 aliphatic rings. The lowest BCUT2D eigenvalue weighted by Gasteiger charge is -2.40. The van der Waals surface area contributed by atoms with Crippen LogP contribution in [-0.2, 0) is 9.47 Å². The van der Waals surface area contributed by atoms with Gasteiger partial charge >= 0.3 is 6.09 Å². The summed E-state index contributed by atoms with van der Waals surface area (Å²) in [6.45, 7) is 5.20. The lowest BCUT2D eigenvalue weighted by Crippen LogP contribution is -2.49. The fourth-order valence-corrected chi connectivity index (χ4v) is 3.41. The van der Waals surface area contributed by atoms with Crippen LogP contribution < -0.4 is 11.1 Å². The van der Waals surface area contributed by atoms with Gasteiger partial charge in [-0.15, -0.1) is 0 Å². The summed E-state index contributed by atoms with van der Waals surface area (Å²) in [7, 11) is 1.74. The summed E-state index contributed by atoms with van der Waals surface area (Å²) in [6, 6.07) is 0.274. The lowest BCUT2D eigenvalue weighted by atomic mass is 9.67. The zero-order chi connectivity index (χ0) is 17.4. The Balaban J connectivity index is 1.72. The molecular formula is C17H32N4O3. The molecule has 1 saturated carbocycles. The summed E-state index contributed by atoms with van der Waals surface area (Å²) in [5, 5.41) is 3.30. The van der Waals surface area contributed by atoms with Gasteiger partial charge in [0.1, 0.15) is 0 Å². The van der Waals surface area contributed by atoms with Gasteiger partial charge in [0.15, 0.2) is 5.96 Å². The second-order valence-corrected chi connectivity index (χ2v) is 6.90. The van der Waals surface area contributed by atoms with Crippen molar-refractivity contribution < 1.29 is 14.3 Å². The topological polar surface area (TPSA) is 89.2 Å². The van der Waals surface area contributed by atoms with E-state index >= 15 is 0 Å². The monoisotopic (exact) mass is 340 g/mol. The van der Waals surface area contributed by atoms with E-state index < -0.39 is 0 Å². The van der Waals surface area contributed by atoms with Crippen molar-refractivity contribution in [3.05, 3.63) is 0 Å². The van der Waals surface area contributed by atoms with Crippen LogP contribution in [0.2, 0.25) is 0 Å². The first-order chi connectivity index (χ1) is 11.6. The normalized spacial score (nSPS) is 21.2. The van der Waals surface area contributed by atoms with E-state index in [1.165, 1.54) is 19.3 Å². The Morgan fingerprint density at radius 1 is 1.38 bits per heavy atom. The number of likely N-dealkylation sites (tertiary alicyclic amines) is 1. The van der Waals surface area contributed by atoms with Gasteiger partial charge in [-0.1, -0.05) is 6.42 Å². The number of amides is 1. The molecule has 0 atom stereocenters. The molecule has 0 radical (unpaired) electrons. The maximum Gasteiger partial charge on any atom is 0.409 e. The van der Waals surface area contributed by atoms with Gasteiger partial charge in [0.2, 0.25) is 0 Å². The number of guanidine groups is 1. The summed E-state index contributed by atoms with van der Waals surface area (Å²) in [5.41, 5.74) is 6.35. The highest BCUT2D eigenvalue weighted by Crippen LogP contribution is 2.44. The van der Waals surface area contributed by atoms with Gasteiger partial charge in [0.05, 0.1) is 6.61 Å². The van der Waals surface area contributed by atoms with Crippen molar-refractivity contribution in [1.29, 1.82) is 0 Å². The number of carbonyl (C=O) groups excluding carboxylic acids is 1. The molecule has 0 aromatic rings. The number of aliphatic imine (C=N–C) groups is 1. The molecule has 7 heteroatoms. The molecule has 3 N–H and O–H groups in total. The Kier molecular flexibility index (Phi) is 7.15. The molecule has 0 unspecified atom stereocenters. The van der Waals surface area contributed by atoms with E-state index in [0.29, 0.717) is 25.7 Å². The number of piperidine rings is 1. The number of nitrogens with two attached hydrogens (primary N) is 1. The molecule has 0 spiro atoms. The van der Waals surface area contributed by atoms with E-state index in [1.807, 2.05) is 6.92 Å². The van der Waals surface area contributed by atoms with Crippen LogP contribution in [0.5, 0.6) is 0 Å². The minimum atomic E-state index is -0.220. The summed E-state index contributed by atoms with van der Waals surface area (Å²) >= 11 is 0. The van der Waals surface area contributed by atoms with Crippen molar-refractivity contribution in [2.45, 2.75) is 51.5 Å². The molecule has 7 nitrogen and oxygen atoms in total. The van der Waals surface area contributed by atoms with Crippen molar-refractivity contribution in [3.8, 4) is 0 Å². The molecule has 0 aromatic heterocycles. The second kappa shape index (κ2) is 9.11. The predicted octanol–water partition coefficient (Wildman–Crippen LogP) is 1.72. The minimum Gasteiger partial charge on any atom is -0.450 e. The van der Waals surface area contributed by atoms with Gasteiger partial charge < -0.3 is 25.4 Å². The molecular weight excluding hydrogens is 308 g/mol. The standard InChI is InChI=1S/C17H32N4O3/c1-3-24-16(22)21-10-5-14(6-11-21)20-15(18)19-13-17(7-4-8-17)9-12-23-2/h14H,3-13H2,1-2H3,(H3,18,19,20). The van der Waals surface area contributed by atoms with Crippen molar-refractivity contribution in [1.82, 2.24) is 10.2 Å². The molecule has 1 amide bonds. The van der Waals surface area contributed by atoms with E-state index in [1.54, 1.807) is 12.0 Å². The van der Waals surface area contributed by atoms with E-state index in [4.69, 9.17) is 15.2 Å². The number of hydrogen-bond donors (Lipinski definition) is 2. The zero-order valence-electron chi connectivity index (χ0n) is 15.1. The first-order valence-electron chi connectivity index (χ1n) is 9.05. The Bertz CT molecular complexity index is 430. The zero-order valence-corrected chi connectivity index (χ0v) is 15.1. The van der Waals surface area contributed by atoms with Crippen LogP contribution in [0.4, 0.5) is 4.79 Å². The van der Waals surface area contributed by atoms with Gasteiger partial charge in [-0.3, -0.25) is 4.99 Å².